The van der Waals surface area contributed by atoms with Crippen molar-refractivity contribution in [2.45, 2.75) is 45.1 Å². The van der Waals surface area contributed by atoms with Gasteiger partial charge in [-0.15, -0.1) is 0 Å². The summed E-state index contributed by atoms with van der Waals surface area (Å²) in [6.07, 6.45) is 6.16. The Morgan fingerprint density at radius 1 is 1.07 bits per heavy atom. The van der Waals surface area contributed by atoms with Crippen molar-refractivity contribution in [1.82, 2.24) is 9.47 Å². The minimum absolute atomic E-state index is 0.00539. The van der Waals surface area contributed by atoms with Gasteiger partial charge in [-0.3, -0.25) is 4.79 Å². The second-order valence-corrected chi connectivity index (χ2v) is 8.08. The van der Waals surface area contributed by atoms with E-state index in [2.05, 4.69) is 48.0 Å². The Hall–Kier alpha value is -2.26. The highest BCUT2D eigenvalue weighted by Gasteiger charge is 2.26. The molecule has 1 aliphatic rings. The standard InChI is InChI=1S/C24H27ClN2O/c1-2-26-17-22(20-11-4-5-12-23(20)26)21(18-9-8-10-19(25)15-18)16-24(28)27-13-6-3-7-14-27/h4-5,8-12,15,17,21H,2-3,6-7,13-14,16H2,1H3. The Morgan fingerprint density at radius 2 is 1.86 bits per heavy atom. The van der Waals surface area contributed by atoms with Crippen LogP contribution in [0.15, 0.2) is 54.7 Å². The number of rotatable bonds is 5. The first-order valence-electron chi connectivity index (χ1n) is 10.3. The molecule has 28 heavy (non-hydrogen) atoms. The van der Waals surface area contributed by atoms with E-state index in [4.69, 9.17) is 11.6 Å². The summed E-state index contributed by atoms with van der Waals surface area (Å²) in [4.78, 5) is 15.2. The third kappa shape index (κ3) is 3.81. The summed E-state index contributed by atoms with van der Waals surface area (Å²) in [5.41, 5.74) is 3.54. The van der Waals surface area contributed by atoms with Crippen molar-refractivity contribution in [2.24, 2.45) is 0 Å². The average Bonchev–Trinajstić information content (AvgIpc) is 3.11. The van der Waals surface area contributed by atoms with E-state index in [-0.39, 0.29) is 11.8 Å². The van der Waals surface area contributed by atoms with Gasteiger partial charge in [0, 0.05) is 54.1 Å². The number of likely N-dealkylation sites (tertiary alicyclic amines) is 1. The summed E-state index contributed by atoms with van der Waals surface area (Å²) in [5, 5.41) is 1.94. The van der Waals surface area contributed by atoms with Gasteiger partial charge in [-0.2, -0.15) is 0 Å². The number of benzene rings is 2. The highest BCUT2D eigenvalue weighted by Crippen LogP contribution is 2.36. The Morgan fingerprint density at radius 3 is 2.61 bits per heavy atom. The lowest BCUT2D eigenvalue weighted by Gasteiger charge is -2.28. The number of nitrogens with zero attached hydrogens (tertiary/aromatic N) is 2. The number of hydrogen-bond acceptors (Lipinski definition) is 1. The number of carbonyl (C=O) groups excluding carboxylic acids is 1. The van der Waals surface area contributed by atoms with E-state index in [0.29, 0.717) is 11.4 Å². The van der Waals surface area contributed by atoms with Crippen molar-refractivity contribution in [3.63, 3.8) is 0 Å². The van der Waals surface area contributed by atoms with Crippen molar-refractivity contribution in [3.05, 3.63) is 70.9 Å². The molecule has 4 rings (SSSR count). The maximum absolute atomic E-state index is 13.1. The smallest absolute Gasteiger partial charge is 0.223 e. The van der Waals surface area contributed by atoms with Gasteiger partial charge >= 0.3 is 0 Å². The van der Waals surface area contributed by atoms with Crippen molar-refractivity contribution in [1.29, 1.82) is 0 Å². The molecule has 0 N–H and O–H groups in total. The van der Waals surface area contributed by atoms with Crippen molar-refractivity contribution < 1.29 is 4.79 Å². The molecule has 4 heteroatoms. The van der Waals surface area contributed by atoms with Crippen molar-refractivity contribution in [3.8, 4) is 0 Å². The first-order chi connectivity index (χ1) is 13.7. The zero-order chi connectivity index (χ0) is 19.5. The molecule has 1 saturated heterocycles. The molecule has 1 aliphatic heterocycles. The number of aromatic nitrogens is 1. The number of hydrogen-bond donors (Lipinski definition) is 0. The molecule has 0 saturated carbocycles. The van der Waals surface area contributed by atoms with Crippen LogP contribution in [0, 0.1) is 0 Å². The van der Waals surface area contributed by atoms with E-state index in [1.807, 2.05) is 23.1 Å². The van der Waals surface area contributed by atoms with E-state index < -0.39 is 0 Å². The average molecular weight is 395 g/mol. The van der Waals surface area contributed by atoms with Crippen LogP contribution in [0.4, 0.5) is 0 Å². The third-order valence-electron chi connectivity index (χ3n) is 5.87. The second kappa shape index (κ2) is 8.40. The zero-order valence-corrected chi connectivity index (χ0v) is 17.2. The van der Waals surface area contributed by atoms with Crippen LogP contribution >= 0.6 is 11.6 Å². The lowest BCUT2D eigenvalue weighted by Crippen LogP contribution is -2.36. The van der Waals surface area contributed by atoms with Crippen LogP contribution in [0.5, 0.6) is 0 Å². The summed E-state index contributed by atoms with van der Waals surface area (Å²) in [7, 11) is 0. The molecule has 1 aromatic heterocycles. The Balaban J connectivity index is 1.76. The predicted octanol–water partition coefficient (Wildman–Crippen LogP) is 5.85. The molecule has 1 atom stereocenters. The molecule has 0 spiro atoms. The van der Waals surface area contributed by atoms with Gasteiger partial charge in [0.15, 0.2) is 0 Å². The molecule has 2 aromatic carbocycles. The van der Waals surface area contributed by atoms with Crippen LogP contribution < -0.4 is 0 Å². The van der Waals surface area contributed by atoms with Gasteiger partial charge in [0.05, 0.1) is 0 Å². The lowest BCUT2D eigenvalue weighted by atomic mass is 9.87. The molecule has 0 bridgehead atoms. The van der Waals surface area contributed by atoms with Gasteiger partial charge in [0.2, 0.25) is 5.91 Å². The molecular formula is C24H27ClN2O. The van der Waals surface area contributed by atoms with Crippen molar-refractivity contribution >= 4 is 28.4 Å². The minimum atomic E-state index is 0.00539. The maximum atomic E-state index is 13.1. The Labute approximate surface area is 171 Å². The number of aryl methyl sites for hydroxylation is 1. The second-order valence-electron chi connectivity index (χ2n) is 7.64. The molecule has 3 aromatic rings. The van der Waals surface area contributed by atoms with E-state index in [9.17, 15) is 4.79 Å². The molecule has 2 heterocycles. The molecule has 146 valence electrons. The van der Waals surface area contributed by atoms with Gasteiger partial charge in [-0.05, 0) is 55.5 Å². The summed E-state index contributed by atoms with van der Waals surface area (Å²) in [6.45, 7) is 4.84. The molecular weight excluding hydrogens is 368 g/mol. The van der Waals surface area contributed by atoms with Crippen LogP contribution in [-0.4, -0.2) is 28.5 Å². The number of halogens is 1. The Bertz CT molecular complexity index is 972. The predicted molar refractivity (Wildman–Crippen MR) is 116 cm³/mol. The summed E-state index contributed by atoms with van der Waals surface area (Å²) < 4.78 is 2.27. The molecule has 1 fully saturated rings. The molecule has 1 amide bonds. The van der Waals surface area contributed by atoms with E-state index in [1.54, 1.807) is 0 Å². The lowest BCUT2D eigenvalue weighted by molar-refractivity contribution is -0.132. The Kier molecular flexibility index (Phi) is 5.72. The van der Waals surface area contributed by atoms with Gasteiger partial charge < -0.3 is 9.47 Å². The SMILES string of the molecule is CCn1cc(C(CC(=O)N2CCCCC2)c2cccc(Cl)c2)c2ccccc21. The van der Waals surface area contributed by atoms with Gasteiger partial charge in [-0.25, -0.2) is 0 Å². The third-order valence-corrected chi connectivity index (χ3v) is 6.11. The summed E-state index contributed by atoms with van der Waals surface area (Å²) >= 11 is 6.31. The topological polar surface area (TPSA) is 25.2 Å². The fourth-order valence-electron chi connectivity index (χ4n) is 4.39. The van der Waals surface area contributed by atoms with Gasteiger partial charge in [0.25, 0.3) is 0 Å². The zero-order valence-electron chi connectivity index (χ0n) is 16.4. The fourth-order valence-corrected chi connectivity index (χ4v) is 4.59. The molecule has 0 aliphatic carbocycles. The van der Waals surface area contributed by atoms with Crippen LogP contribution in [0.3, 0.4) is 0 Å². The molecule has 0 radical (unpaired) electrons. The summed E-state index contributed by atoms with van der Waals surface area (Å²) in [5.74, 6) is 0.254. The maximum Gasteiger partial charge on any atom is 0.223 e. The number of fused-ring (bicyclic) bond motifs is 1. The number of amides is 1. The molecule has 1 unspecified atom stereocenters. The van der Waals surface area contributed by atoms with Crippen LogP contribution in [0.2, 0.25) is 5.02 Å². The van der Waals surface area contributed by atoms with Gasteiger partial charge in [0.1, 0.15) is 0 Å². The summed E-state index contributed by atoms with van der Waals surface area (Å²) in [6, 6.07) is 16.5. The quantitative estimate of drug-likeness (QED) is 0.532. The van der Waals surface area contributed by atoms with E-state index in [1.165, 1.54) is 22.9 Å². The van der Waals surface area contributed by atoms with Gasteiger partial charge in [-0.1, -0.05) is 41.9 Å². The van der Waals surface area contributed by atoms with Crippen LogP contribution in [0.1, 0.15) is 49.7 Å². The van der Waals surface area contributed by atoms with E-state index >= 15 is 0 Å². The van der Waals surface area contributed by atoms with Crippen molar-refractivity contribution in [2.75, 3.05) is 13.1 Å². The highest BCUT2D eigenvalue weighted by atomic mass is 35.5. The first kappa shape index (κ1) is 19.1. The van der Waals surface area contributed by atoms with Crippen LogP contribution in [-0.2, 0) is 11.3 Å². The monoisotopic (exact) mass is 394 g/mol. The van der Waals surface area contributed by atoms with Crippen LogP contribution in [0.25, 0.3) is 10.9 Å². The normalized spacial score (nSPS) is 15.7. The fraction of sp³-hybridized carbons (Fsp3) is 0.375. The number of para-hydroxylation sites is 1. The van der Waals surface area contributed by atoms with E-state index in [0.717, 1.165) is 38.0 Å². The number of carbonyl (C=O) groups is 1. The first-order valence-corrected chi connectivity index (χ1v) is 10.7. The largest absolute Gasteiger partial charge is 0.347 e. The molecule has 3 nitrogen and oxygen atoms in total. The minimum Gasteiger partial charge on any atom is -0.347 e. The highest BCUT2D eigenvalue weighted by molar-refractivity contribution is 6.30. The number of piperidine rings is 1.